The zero-order valence-corrected chi connectivity index (χ0v) is 15.6. The molecule has 2 atom stereocenters. The summed E-state index contributed by atoms with van der Waals surface area (Å²) in [7, 11) is 0. The average Bonchev–Trinajstić information content (AvgIpc) is 3.05. The SMILES string of the molecule is CC(C)c1cccc(-c2ccc3c(c2)C(=O)NC[C@H]2CN(C(=O)O)C[C@H]32)c1. The van der Waals surface area contributed by atoms with E-state index in [1.54, 1.807) is 0 Å². The second kappa shape index (κ2) is 6.72. The van der Waals surface area contributed by atoms with Crippen molar-refractivity contribution < 1.29 is 14.7 Å². The van der Waals surface area contributed by atoms with Gasteiger partial charge in [0.05, 0.1) is 0 Å². The number of benzene rings is 2. The van der Waals surface area contributed by atoms with Crippen LogP contribution < -0.4 is 5.32 Å². The van der Waals surface area contributed by atoms with Gasteiger partial charge in [0, 0.05) is 37.0 Å². The van der Waals surface area contributed by atoms with Crippen LogP contribution in [0.4, 0.5) is 4.79 Å². The number of carboxylic acid groups (broad SMARTS) is 1. The number of hydrogen-bond acceptors (Lipinski definition) is 2. The zero-order chi connectivity index (χ0) is 19.1. The van der Waals surface area contributed by atoms with Crippen LogP contribution in [-0.2, 0) is 0 Å². The van der Waals surface area contributed by atoms with E-state index in [2.05, 4.69) is 43.4 Å². The van der Waals surface area contributed by atoms with E-state index in [9.17, 15) is 14.7 Å². The Morgan fingerprint density at radius 2 is 1.93 bits per heavy atom. The van der Waals surface area contributed by atoms with E-state index in [4.69, 9.17) is 0 Å². The van der Waals surface area contributed by atoms with Crippen molar-refractivity contribution in [3.63, 3.8) is 0 Å². The Hall–Kier alpha value is -2.82. The lowest BCUT2D eigenvalue weighted by Gasteiger charge is -2.17. The second-order valence-corrected chi connectivity index (χ2v) is 7.85. The lowest BCUT2D eigenvalue weighted by molar-refractivity contribution is 0.0951. The summed E-state index contributed by atoms with van der Waals surface area (Å²) in [5.41, 5.74) is 5.00. The number of hydrogen-bond donors (Lipinski definition) is 2. The van der Waals surface area contributed by atoms with Crippen molar-refractivity contribution in [3.8, 4) is 11.1 Å². The van der Waals surface area contributed by atoms with Gasteiger partial charge in [-0.3, -0.25) is 4.79 Å². The van der Waals surface area contributed by atoms with Crippen LogP contribution in [0, 0.1) is 5.92 Å². The summed E-state index contributed by atoms with van der Waals surface area (Å²) in [5.74, 6) is 0.561. The number of amides is 2. The van der Waals surface area contributed by atoms with Crippen molar-refractivity contribution in [2.75, 3.05) is 19.6 Å². The summed E-state index contributed by atoms with van der Waals surface area (Å²) in [5, 5.41) is 12.3. The van der Waals surface area contributed by atoms with Crippen LogP contribution in [0.3, 0.4) is 0 Å². The summed E-state index contributed by atoms with van der Waals surface area (Å²) < 4.78 is 0. The van der Waals surface area contributed by atoms with E-state index < -0.39 is 6.09 Å². The van der Waals surface area contributed by atoms with Crippen LogP contribution in [0.1, 0.15) is 47.2 Å². The van der Waals surface area contributed by atoms with E-state index in [1.165, 1.54) is 10.5 Å². The molecule has 0 aromatic heterocycles. The van der Waals surface area contributed by atoms with Crippen LogP contribution >= 0.6 is 0 Å². The Kier molecular flexibility index (Phi) is 4.38. The molecule has 2 amide bonds. The Balaban J connectivity index is 1.74. The normalized spacial score (nSPS) is 21.4. The summed E-state index contributed by atoms with van der Waals surface area (Å²) in [6, 6.07) is 14.4. The molecule has 2 aromatic rings. The van der Waals surface area contributed by atoms with Gasteiger partial charge < -0.3 is 15.3 Å². The smallest absolute Gasteiger partial charge is 0.407 e. The fraction of sp³-hybridized carbons (Fsp3) is 0.364. The number of nitrogens with one attached hydrogen (secondary N) is 1. The molecule has 2 aromatic carbocycles. The maximum Gasteiger partial charge on any atom is 0.407 e. The molecule has 1 saturated heterocycles. The molecule has 0 aliphatic carbocycles. The molecule has 2 aliphatic rings. The van der Waals surface area contributed by atoms with Crippen molar-refractivity contribution in [3.05, 3.63) is 59.2 Å². The molecule has 5 heteroatoms. The topological polar surface area (TPSA) is 69.6 Å². The minimum atomic E-state index is -0.891. The van der Waals surface area contributed by atoms with E-state index in [0.717, 1.165) is 16.7 Å². The van der Waals surface area contributed by atoms with E-state index in [0.29, 0.717) is 31.1 Å². The molecular formula is C22H24N2O3. The van der Waals surface area contributed by atoms with Gasteiger partial charge in [-0.1, -0.05) is 50.2 Å². The van der Waals surface area contributed by atoms with Gasteiger partial charge >= 0.3 is 6.09 Å². The van der Waals surface area contributed by atoms with Gasteiger partial charge in [0.25, 0.3) is 5.91 Å². The van der Waals surface area contributed by atoms with Gasteiger partial charge in [-0.2, -0.15) is 0 Å². The lowest BCUT2D eigenvalue weighted by Crippen LogP contribution is -2.31. The summed E-state index contributed by atoms with van der Waals surface area (Å²) in [4.78, 5) is 25.5. The maximum atomic E-state index is 12.7. The predicted molar refractivity (Wildman–Crippen MR) is 104 cm³/mol. The summed E-state index contributed by atoms with van der Waals surface area (Å²) in [6.45, 7) is 5.76. The molecule has 2 heterocycles. The monoisotopic (exact) mass is 364 g/mol. The molecule has 0 saturated carbocycles. The molecule has 140 valence electrons. The molecular weight excluding hydrogens is 340 g/mol. The number of likely N-dealkylation sites (tertiary alicyclic amines) is 1. The van der Waals surface area contributed by atoms with Crippen molar-refractivity contribution in [1.82, 2.24) is 10.2 Å². The first kappa shape index (κ1) is 17.6. The molecule has 0 radical (unpaired) electrons. The van der Waals surface area contributed by atoms with Crippen molar-refractivity contribution >= 4 is 12.0 Å². The van der Waals surface area contributed by atoms with Gasteiger partial charge in [0.1, 0.15) is 0 Å². The van der Waals surface area contributed by atoms with E-state index in [-0.39, 0.29) is 17.7 Å². The van der Waals surface area contributed by atoms with Gasteiger partial charge in [0.2, 0.25) is 0 Å². The molecule has 1 fully saturated rings. The highest BCUT2D eigenvalue weighted by Crippen LogP contribution is 2.37. The molecule has 27 heavy (non-hydrogen) atoms. The Morgan fingerprint density at radius 1 is 1.15 bits per heavy atom. The third-order valence-corrected chi connectivity index (χ3v) is 5.82. The highest BCUT2D eigenvalue weighted by atomic mass is 16.4. The highest BCUT2D eigenvalue weighted by molar-refractivity contribution is 5.97. The molecule has 5 nitrogen and oxygen atoms in total. The van der Waals surface area contributed by atoms with Crippen molar-refractivity contribution in [1.29, 1.82) is 0 Å². The van der Waals surface area contributed by atoms with E-state index >= 15 is 0 Å². The van der Waals surface area contributed by atoms with E-state index in [1.807, 2.05) is 18.2 Å². The zero-order valence-electron chi connectivity index (χ0n) is 15.6. The third kappa shape index (κ3) is 3.18. The quantitative estimate of drug-likeness (QED) is 0.849. The lowest BCUT2D eigenvalue weighted by atomic mass is 9.86. The van der Waals surface area contributed by atoms with Crippen LogP contribution in [0.25, 0.3) is 11.1 Å². The van der Waals surface area contributed by atoms with Gasteiger partial charge in [-0.15, -0.1) is 0 Å². The predicted octanol–water partition coefficient (Wildman–Crippen LogP) is 3.91. The average molecular weight is 364 g/mol. The Bertz CT molecular complexity index is 906. The van der Waals surface area contributed by atoms with Crippen molar-refractivity contribution in [2.24, 2.45) is 5.92 Å². The maximum absolute atomic E-state index is 12.7. The third-order valence-electron chi connectivity index (χ3n) is 5.82. The minimum Gasteiger partial charge on any atom is -0.465 e. The first-order valence-electron chi connectivity index (χ1n) is 9.44. The summed E-state index contributed by atoms with van der Waals surface area (Å²) in [6.07, 6.45) is -0.891. The molecule has 2 aliphatic heterocycles. The van der Waals surface area contributed by atoms with Gasteiger partial charge in [0.15, 0.2) is 0 Å². The second-order valence-electron chi connectivity index (χ2n) is 7.85. The number of nitrogens with zero attached hydrogens (tertiary/aromatic N) is 1. The molecule has 0 unspecified atom stereocenters. The fourth-order valence-electron chi connectivity index (χ4n) is 4.24. The number of carbonyl (C=O) groups is 2. The van der Waals surface area contributed by atoms with Crippen LogP contribution in [-0.4, -0.2) is 41.6 Å². The molecule has 2 N–H and O–H groups in total. The fourth-order valence-corrected chi connectivity index (χ4v) is 4.24. The van der Waals surface area contributed by atoms with Crippen LogP contribution in [0.2, 0.25) is 0 Å². The van der Waals surface area contributed by atoms with Crippen LogP contribution in [0.5, 0.6) is 0 Å². The largest absolute Gasteiger partial charge is 0.465 e. The minimum absolute atomic E-state index is 0.0612. The molecule has 0 bridgehead atoms. The highest BCUT2D eigenvalue weighted by Gasteiger charge is 2.39. The summed E-state index contributed by atoms with van der Waals surface area (Å²) >= 11 is 0. The van der Waals surface area contributed by atoms with Gasteiger partial charge in [-0.25, -0.2) is 4.79 Å². The Morgan fingerprint density at radius 3 is 2.67 bits per heavy atom. The molecule has 0 spiro atoms. The first-order valence-corrected chi connectivity index (χ1v) is 9.44. The Labute approximate surface area is 159 Å². The number of rotatable bonds is 2. The van der Waals surface area contributed by atoms with Crippen LogP contribution in [0.15, 0.2) is 42.5 Å². The standard InChI is InChI=1S/C22H24N2O3/c1-13(2)14-4-3-5-15(8-14)16-6-7-18-19(9-16)21(25)23-10-17-11-24(22(26)27)12-20(17)18/h3-9,13,17,20H,10-12H2,1-2H3,(H,23,25)(H,26,27)/t17-,20-/m0/s1. The number of carbonyl (C=O) groups excluding carboxylic acids is 1. The van der Waals surface area contributed by atoms with Gasteiger partial charge in [-0.05, 0) is 34.2 Å². The molecule has 4 rings (SSSR count). The number of fused-ring (bicyclic) bond motifs is 3. The van der Waals surface area contributed by atoms with Crippen molar-refractivity contribution in [2.45, 2.75) is 25.7 Å². The first-order chi connectivity index (χ1) is 12.9.